The quantitative estimate of drug-likeness (QED) is 0.636. The molecule has 1 rings (SSSR count). The van der Waals surface area contributed by atoms with E-state index < -0.39 is 0 Å². The van der Waals surface area contributed by atoms with Crippen molar-refractivity contribution < 1.29 is 0 Å². The van der Waals surface area contributed by atoms with Crippen LogP contribution >= 0.6 is 0 Å². The Bertz CT molecular complexity index is 231. The van der Waals surface area contributed by atoms with Gasteiger partial charge >= 0.3 is 0 Å². The fourth-order valence-corrected chi connectivity index (χ4v) is 0.784. The zero-order valence-corrected chi connectivity index (χ0v) is 6.39. The van der Waals surface area contributed by atoms with Crippen LogP contribution in [0.4, 0.5) is 5.82 Å². The van der Waals surface area contributed by atoms with E-state index in [4.69, 9.17) is 5.73 Å². The fraction of sp³-hybridized carbons (Fsp3) is 0.375. The van der Waals surface area contributed by atoms with Gasteiger partial charge in [0.25, 0.3) is 0 Å². The van der Waals surface area contributed by atoms with Crippen LogP contribution in [0.15, 0.2) is 12.1 Å². The highest BCUT2D eigenvalue weighted by Gasteiger charge is 1.94. The van der Waals surface area contributed by atoms with Crippen LogP contribution < -0.4 is 5.73 Å². The van der Waals surface area contributed by atoms with Crippen LogP contribution in [0, 0.1) is 6.92 Å². The Hall–Kier alpha value is -1.05. The molecule has 1 aromatic rings. The predicted octanol–water partition coefficient (Wildman–Crippen LogP) is 1.53. The highest BCUT2D eigenvalue weighted by molar-refractivity contribution is 5.38. The van der Waals surface area contributed by atoms with Crippen LogP contribution in [0.1, 0.15) is 18.2 Å². The highest BCUT2D eigenvalue weighted by atomic mass is 14.8. The number of nitrogen functional groups attached to an aromatic ring is 1. The lowest BCUT2D eigenvalue weighted by atomic mass is 10.2. The molecule has 2 N–H and O–H groups in total. The summed E-state index contributed by atoms with van der Waals surface area (Å²) in [5.41, 5.74) is 7.70. The van der Waals surface area contributed by atoms with Crippen molar-refractivity contribution in [2.75, 3.05) is 5.73 Å². The number of pyridine rings is 1. The lowest BCUT2D eigenvalue weighted by Crippen LogP contribution is -1.96. The number of hydrogen-bond donors (Lipinski definition) is 1. The molecule has 0 fully saturated rings. The second-order valence-corrected chi connectivity index (χ2v) is 2.36. The van der Waals surface area contributed by atoms with Crippen molar-refractivity contribution in [2.45, 2.75) is 20.3 Å². The van der Waals surface area contributed by atoms with E-state index in [1.165, 1.54) is 0 Å². The first-order valence-corrected chi connectivity index (χ1v) is 3.46. The molecule has 0 aliphatic rings. The van der Waals surface area contributed by atoms with Crippen LogP contribution in [0.3, 0.4) is 0 Å². The summed E-state index contributed by atoms with van der Waals surface area (Å²) in [5, 5.41) is 0. The number of aryl methyl sites for hydroxylation is 2. The third-order valence-corrected chi connectivity index (χ3v) is 1.56. The van der Waals surface area contributed by atoms with Gasteiger partial charge in [0, 0.05) is 5.69 Å². The maximum atomic E-state index is 5.59. The first kappa shape index (κ1) is 7.06. The van der Waals surface area contributed by atoms with Gasteiger partial charge in [0.1, 0.15) is 5.82 Å². The van der Waals surface area contributed by atoms with Crippen molar-refractivity contribution in [3.05, 3.63) is 23.4 Å². The number of anilines is 1. The van der Waals surface area contributed by atoms with Gasteiger partial charge in [-0.1, -0.05) is 13.0 Å². The van der Waals surface area contributed by atoms with Crippen molar-refractivity contribution in [1.29, 1.82) is 0 Å². The number of nitrogens with zero attached hydrogens (tertiary/aromatic N) is 1. The van der Waals surface area contributed by atoms with Gasteiger partial charge in [-0.3, -0.25) is 0 Å². The van der Waals surface area contributed by atoms with E-state index in [2.05, 4.69) is 11.9 Å². The molecule has 0 spiro atoms. The molecule has 0 aliphatic heterocycles. The van der Waals surface area contributed by atoms with Crippen LogP contribution in [0.25, 0.3) is 0 Å². The second-order valence-electron chi connectivity index (χ2n) is 2.36. The molecule has 0 saturated heterocycles. The van der Waals surface area contributed by atoms with E-state index >= 15 is 0 Å². The minimum absolute atomic E-state index is 0.652. The Morgan fingerprint density at radius 3 is 2.70 bits per heavy atom. The summed E-state index contributed by atoms with van der Waals surface area (Å²) in [5.74, 6) is 0.652. The topological polar surface area (TPSA) is 38.9 Å². The van der Waals surface area contributed by atoms with Gasteiger partial charge < -0.3 is 5.73 Å². The van der Waals surface area contributed by atoms with Crippen LogP contribution in [0.2, 0.25) is 0 Å². The molecule has 1 heterocycles. The molecule has 10 heavy (non-hydrogen) atoms. The van der Waals surface area contributed by atoms with Crippen molar-refractivity contribution in [3.8, 4) is 0 Å². The van der Waals surface area contributed by atoms with Gasteiger partial charge in [-0.25, -0.2) is 4.98 Å². The van der Waals surface area contributed by atoms with Crippen LogP contribution in [-0.4, -0.2) is 4.98 Å². The molecule has 0 radical (unpaired) electrons. The molecule has 0 unspecified atom stereocenters. The molecule has 0 saturated carbocycles. The largest absolute Gasteiger partial charge is 0.383 e. The van der Waals surface area contributed by atoms with Gasteiger partial charge in [-0.05, 0) is 25.0 Å². The molecule has 0 aromatic carbocycles. The summed E-state index contributed by atoms with van der Waals surface area (Å²) >= 11 is 0. The monoisotopic (exact) mass is 136 g/mol. The number of nitrogens with two attached hydrogens (primary N) is 1. The predicted molar refractivity (Wildman–Crippen MR) is 42.8 cm³/mol. The van der Waals surface area contributed by atoms with Gasteiger partial charge in [0.15, 0.2) is 0 Å². The number of hydrogen-bond acceptors (Lipinski definition) is 2. The molecule has 2 nitrogen and oxygen atoms in total. The first-order valence-electron chi connectivity index (χ1n) is 3.46. The molecule has 2 heteroatoms. The van der Waals surface area contributed by atoms with Crippen molar-refractivity contribution >= 4 is 5.82 Å². The second kappa shape index (κ2) is 2.69. The van der Waals surface area contributed by atoms with Gasteiger partial charge in [0.05, 0.1) is 0 Å². The Morgan fingerprint density at radius 2 is 2.20 bits per heavy atom. The maximum absolute atomic E-state index is 5.59. The first-order chi connectivity index (χ1) is 4.74. The maximum Gasteiger partial charge on any atom is 0.126 e. The molecular weight excluding hydrogens is 124 g/mol. The molecule has 1 aromatic heterocycles. The van der Waals surface area contributed by atoms with E-state index in [1.807, 2.05) is 19.1 Å². The van der Waals surface area contributed by atoms with E-state index in [0.717, 1.165) is 17.7 Å². The third kappa shape index (κ3) is 1.26. The van der Waals surface area contributed by atoms with Crippen molar-refractivity contribution in [3.63, 3.8) is 0 Å². The van der Waals surface area contributed by atoms with E-state index in [-0.39, 0.29) is 0 Å². The molecule has 0 amide bonds. The summed E-state index contributed by atoms with van der Waals surface area (Å²) in [4.78, 5) is 4.17. The van der Waals surface area contributed by atoms with Crippen molar-refractivity contribution in [1.82, 2.24) is 4.98 Å². The molecule has 54 valence electrons. The fourth-order valence-electron chi connectivity index (χ4n) is 0.784. The number of rotatable bonds is 1. The zero-order valence-electron chi connectivity index (χ0n) is 6.39. The molecule has 0 aliphatic carbocycles. The molecule has 0 bridgehead atoms. The third-order valence-electron chi connectivity index (χ3n) is 1.56. The van der Waals surface area contributed by atoms with E-state index in [9.17, 15) is 0 Å². The normalized spacial score (nSPS) is 9.80. The number of aromatic nitrogens is 1. The Balaban J connectivity index is 3.04. The van der Waals surface area contributed by atoms with E-state index in [0.29, 0.717) is 5.82 Å². The average molecular weight is 136 g/mol. The minimum Gasteiger partial charge on any atom is -0.383 e. The zero-order chi connectivity index (χ0) is 7.56. The van der Waals surface area contributed by atoms with Crippen LogP contribution in [-0.2, 0) is 6.42 Å². The summed E-state index contributed by atoms with van der Waals surface area (Å²) < 4.78 is 0. The van der Waals surface area contributed by atoms with Gasteiger partial charge in [-0.15, -0.1) is 0 Å². The Labute approximate surface area is 61.1 Å². The Morgan fingerprint density at radius 1 is 1.50 bits per heavy atom. The van der Waals surface area contributed by atoms with Crippen molar-refractivity contribution in [2.24, 2.45) is 0 Å². The standard InChI is InChI=1S/C8H12N2/c1-3-7-5-4-6(2)8(9)10-7/h4-5H,3H2,1-2H3,(H2,9,10). The lowest BCUT2D eigenvalue weighted by molar-refractivity contribution is 1.03. The summed E-state index contributed by atoms with van der Waals surface area (Å²) in [6.07, 6.45) is 0.949. The van der Waals surface area contributed by atoms with E-state index in [1.54, 1.807) is 0 Å². The minimum atomic E-state index is 0.652. The van der Waals surface area contributed by atoms with Gasteiger partial charge in [0.2, 0.25) is 0 Å². The summed E-state index contributed by atoms with van der Waals surface area (Å²) in [7, 11) is 0. The highest BCUT2D eigenvalue weighted by Crippen LogP contribution is 2.07. The summed E-state index contributed by atoms with van der Waals surface area (Å²) in [6, 6.07) is 4.01. The average Bonchev–Trinajstić information content (AvgIpc) is 1.95. The Kier molecular flexibility index (Phi) is 1.90. The van der Waals surface area contributed by atoms with Gasteiger partial charge in [-0.2, -0.15) is 0 Å². The molecule has 0 atom stereocenters. The smallest absolute Gasteiger partial charge is 0.126 e. The SMILES string of the molecule is CCc1ccc(C)c(N)n1. The van der Waals surface area contributed by atoms with Crippen LogP contribution in [0.5, 0.6) is 0 Å². The lowest BCUT2D eigenvalue weighted by Gasteiger charge is -1.99. The summed E-state index contributed by atoms with van der Waals surface area (Å²) in [6.45, 7) is 4.03. The molecular formula is C8H12N2.